The first kappa shape index (κ1) is 13.5. The first-order valence-electron chi connectivity index (χ1n) is 6.85. The number of aromatic amines is 1. The Morgan fingerprint density at radius 3 is 2.68 bits per heavy atom. The molecule has 0 radical (unpaired) electrons. The first-order chi connectivity index (χ1) is 10.7. The molecule has 0 unspecified atom stereocenters. The second-order valence-electron chi connectivity index (χ2n) is 5.09. The molecule has 1 aromatic heterocycles. The maximum Gasteiger partial charge on any atom is 0.227 e. The number of fused-ring (bicyclic) bond motifs is 2. The van der Waals surface area contributed by atoms with Gasteiger partial charge in [0.1, 0.15) is 16.2 Å². The second kappa shape index (κ2) is 5.23. The lowest BCUT2D eigenvalue weighted by Gasteiger charge is -2.19. The summed E-state index contributed by atoms with van der Waals surface area (Å²) in [4.78, 5) is 7.77. The maximum absolute atomic E-state index is 5.93. The van der Waals surface area contributed by atoms with Crippen LogP contribution in [0.2, 0.25) is 5.02 Å². The highest BCUT2D eigenvalue weighted by atomic mass is 35.5. The van der Waals surface area contributed by atoms with Crippen LogP contribution in [0.1, 0.15) is 11.1 Å². The molecule has 2 aromatic carbocycles. The zero-order valence-corrected chi connectivity index (χ0v) is 13.0. The van der Waals surface area contributed by atoms with Gasteiger partial charge in [-0.15, -0.1) is 0 Å². The van der Waals surface area contributed by atoms with Crippen LogP contribution in [0.4, 0.5) is 0 Å². The summed E-state index contributed by atoms with van der Waals surface area (Å²) in [6.45, 7) is 0. The van der Waals surface area contributed by atoms with Crippen LogP contribution in [0.5, 0.6) is 11.6 Å². The highest BCUT2D eigenvalue weighted by Gasteiger charge is 2.20. The lowest BCUT2D eigenvalue weighted by atomic mass is 10.0. The van der Waals surface area contributed by atoms with E-state index in [4.69, 9.17) is 28.6 Å². The smallest absolute Gasteiger partial charge is 0.227 e. The van der Waals surface area contributed by atoms with Gasteiger partial charge in [-0.1, -0.05) is 42.0 Å². The topological polar surface area (TPSA) is 37.9 Å². The molecule has 0 saturated carbocycles. The Bertz CT molecular complexity index is 919. The van der Waals surface area contributed by atoms with Crippen molar-refractivity contribution in [2.45, 2.75) is 6.42 Å². The second-order valence-corrected chi connectivity index (χ2v) is 5.94. The fourth-order valence-corrected chi connectivity index (χ4v) is 2.89. The standard InChI is InChI=1S/C17H11ClN2OS/c18-12-7-5-10(6-8-12)15-19-16-13(17(22)20-15)9-11-3-1-2-4-14(11)21-16/h1-8H,9H2,(H,19,20,22). The molecule has 5 heteroatoms. The molecule has 0 amide bonds. The van der Waals surface area contributed by atoms with E-state index in [-0.39, 0.29) is 0 Å². The SMILES string of the molecule is S=c1[nH]c(-c2ccc(Cl)cc2)nc2c1Cc1ccccc1O2. The van der Waals surface area contributed by atoms with Gasteiger partial charge in [-0.05, 0) is 35.9 Å². The number of H-pyrrole nitrogens is 1. The highest BCUT2D eigenvalue weighted by Crippen LogP contribution is 2.36. The van der Waals surface area contributed by atoms with Gasteiger partial charge >= 0.3 is 0 Å². The van der Waals surface area contributed by atoms with Gasteiger partial charge in [0.25, 0.3) is 0 Å². The number of para-hydroxylation sites is 1. The van der Waals surface area contributed by atoms with E-state index in [0.717, 1.165) is 28.9 Å². The molecule has 1 N–H and O–H groups in total. The minimum absolute atomic E-state index is 0.576. The number of nitrogens with one attached hydrogen (secondary N) is 1. The minimum atomic E-state index is 0.576. The number of aromatic nitrogens is 2. The van der Waals surface area contributed by atoms with E-state index >= 15 is 0 Å². The summed E-state index contributed by atoms with van der Waals surface area (Å²) >= 11 is 11.4. The summed E-state index contributed by atoms with van der Waals surface area (Å²) < 4.78 is 6.58. The van der Waals surface area contributed by atoms with Gasteiger partial charge in [0, 0.05) is 17.0 Å². The summed E-state index contributed by atoms with van der Waals surface area (Å²) in [5, 5.41) is 0.686. The number of hydrogen-bond donors (Lipinski definition) is 1. The van der Waals surface area contributed by atoms with E-state index in [9.17, 15) is 0 Å². The van der Waals surface area contributed by atoms with E-state index < -0.39 is 0 Å². The Hall–Kier alpha value is -2.17. The fraction of sp³-hybridized carbons (Fsp3) is 0.0588. The van der Waals surface area contributed by atoms with Gasteiger partial charge in [-0.2, -0.15) is 4.98 Å². The zero-order chi connectivity index (χ0) is 15.1. The molecule has 3 aromatic rings. The van der Waals surface area contributed by atoms with Crippen molar-refractivity contribution in [1.82, 2.24) is 9.97 Å². The molecule has 0 aliphatic carbocycles. The van der Waals surface area contributed by atoms with Crippen LogP contribution in [0, 0.1) is 4.64 Å². The van der Waals surface area contributed by atoms with E-state index in [1.165, 1.54) is 0 Å². The molecule has 22 heavy (non-hydrogen) atoms. The third-order valence-electron chi connectivity index (χ3n) is 3.64. The molecule has 0 spiro atoms. The van der Waals surface area contributed by atoms with Gasteiger partial charge < -0.3 is 9.72 Å². The summed E-state index contributed by atoms with van der Waals surface area (Å²) in [5.41, 5.74) is 2.96. The first-order valence-corrected chi connectivity index (χ1v) is 7.64. The molecule has 2 heterocycles. The van der Waals surface area contributed by atoms with Crippen LogP contribution >= 0.6 is 23.8 Å². The van der Waals surface area contributed by atoms with Crippen molar-refractivity contribution in [2.75, 3.05) is 0 Å². The maximum atomic E-state index is 5.93. The molecule has 1 aliphatic rings. The molecule has 0 bridgehead atoms. The van der Waals surface area contributed by atoms with Crippen molar-refractivity contribution < 1.29 is 4.74 Å². The predicted octanol–water partition coefficient (Wildman–Crippen LogP) is 5.16. The van der Waals surface area contributed by atoms with Gasteiger partial charge in [-0.3, -0.25) is 0 Å². The van der Waals surface area contributed by atoms with Crippen LogP contribution < -0.4 is 4.74 Å². The van der Waals surface area contributed by atoms with E-state index in [1.54, 1.807) is 0 Å². The van der Waals surface area contributed by atoms with Crippen LogP contribution in [0.3, 0.4) is 0 Å². The largest absolute Gasteiger partial charge is 0.438 e. The third kappa shape index (κ3) is 2.30. The Kier molecular flexibility index (Phi) is 3.21. The van der Waals surface area contributed by atoms with Gasteiger partial charge in [0.15, 0.2) is 0 Å². The summed E-state index contributed by atoms with van der Waals surface area (Å²) in [6, 6.07) is 15.4. The van der Waals surface area contributed by atoms with Crippen molar-refractivity contribution in [2.24, 2.45) is 0 Å². The van der Waals surface area contributed by atoms with Gasteiger partial charge in [0.05, 0.1) is 5.56 Å². The molecule has 108 valence electrons. The molecule has 0 saturated heterocycles. The zero-order valence-electron chi connectivity index (χ0n) is 11.5. The van der Waals surface area contributed by atoms with Crippen LogP contribution in [0.15, 0.2) is 48.5 Å². The van der Waals surface area contributed by atoms with Crippen molar-refractivity contribution in [1.29, 1.82) is 0 Å². The number of hydrogen-bond acceptors (Lipinski definition) is 3. The number of halogens is 1. The Balaban J connectivity index is 1.82. The van der Waals surface area contributed by atoms with Crippen molar-refractivity contribution >= 4 is 23.8 Å². The molecule has 4 rings (SSSR count). The van der Waals surface area contributed by atoms with Crippen molar-refractivity contribution in [3.05, 3.63) is 69.3 Å². The molecular formula is C17H11ClN2OS. The van der Waals surface area contributed by atoms with Crippen LogP contribution in [0.25, 0.3) is 11.4 Å². The van der Waals surface area contributed by atoms with Gasteiger partial charge in [0.2, 0.25) is 5.88 Å². The van der Waals surface area contributed by atoms with Crippen LogP contribution in [-0.2, 0) is 6.42 Å². The monoisotopic (exact) mass is 326 g/mol. The normalized spacial score (nSPS) is 12.2. The summed E-state index contributed by atoms with van der Waals surface area (Å²) in [7, 11) is 0. The highest BCUT2D eigenvalue weighted by molar-refractivity contribution is 7.71. The Labute approximate surface area is 137 Å². The molecular weight excluding hydrogens is 316 g/mol. The number of ether oxygens (including phenoxy) is 1. The van der Waals surface area contributed by atoms with Crippen molar-refractivity contribution in [3.63, 3.8) is 0 Å². The van der Waals surface area contributed by atoms with Crippen molar-refractivity contribution in [3.8, 4) is 23.0 Å². The lowest BCUT2D eigenvalue weighted by Crippen LogP contribution is -2.07. The van der Waals surface area contributed by atoms with Gasteiger partial charge in [-0.25, -0.2) is 0 Å². The van der Waals surface area contributed by atoms with Crippen LogP contribution in [-0.4, -0.2) is 9.97 Å². The average molecular weight is 327 g/mol. The average Bonchev–Trinajstić information content (AvgIpc) is 2.54. The number of rotatable bonds is 1. The van der Waals surface area contributed by atoms with E-state index in [1.807, 2.05) is 48.5 Å². The quantitative estimate of drug-likeness (QED) is 0.491. The molecule has 0 atom stereocenters. The molecule has 1 aliphatic heterocycles. The minimum Gasteiger partial charge on any atom is -0.438 e. The third-order valence-corrected chi connectivity index (χ3v) is 4.24. The Morgan fingerprint density at radius 1 is 1.09 bits per heavy atom. The number of nitrogens with zero attached hydrogens (tertiary/aromatic N) is 1. The fourth-order valence-electron chi connectivity index (χ4n) is 2.51. The van der Waals surface area contributed by atoms with E-state index in [0.29, 0.717) is 21.4 Å². The predicted molar refractivity (Wildman–Crippen MR) is 89.2 cm³/mol. The Morgan fingerprint density at radius 2 is 1.86 bits per heavy atom. The lowest BCUT2D eigenvalue weighted by molar-refractivity contribution is 0.439. The summed E-state index contributed by atoms with van der Waals surface area (Å²) in [6.07, 6.45) is 0.731. The molecule has 3 nitrogen and oxygen atoms in total. The molecule has 0 fully saturated rings. The van der Waals surface area contributed by atoms with E-state index in [2.05, 4.69) is 9.97 Å². The summed E-state index contributed by atoms with van der Waals surface area (Å²) in [5.74, 6) is 2.09. The number of benzene rings is 2.